The second-order valence-electron chi connectivity index (χ2n) is 6.79. The van der Waals surface area contributed by atoms with Gasteiger partial charge in [0, 0.05) is 23.0 Å². The first-order chi connectivity index (χ1) is 13.1. The number of carbonyl (C=O) groups excluding carboxylic acids is 1. The molecular formula is C19H23ClN6OS. The largest absolute Gasteiger partial charge is 0.317 e. The predicted molar refractivity (Wildman–Crippen MR) is 113 cm³/mol. The lowest BCUT2D eigenvalue weighted by Gasteiger charge is -2.20. The molecule has 148 valence electrons. The lowest BCUT2D eigenvalue weighted by molar-refractivity contribution is 0.102. The minimum atomic E-state index is -0.200. The third-order valence-electron chi connectivity index (χ3n) is 4.72. The fourth-order valence-corrected chi connectivity index (χ4v) is 4.30. The fourth-order valence-electron chi connectivity index (χ4n) is 3.32. The number of hydrogen-bond acceptors (Lipinski definition) is 6. The third-order valence-corrected chi connectivity index (χ3v) is 5.80. The van der Waals surface area contributed by atoms with Crippen molar-refractivity contribution in [1.82, 2.24) is 25.1 Å². The summed E-state index contributed by atoms with van der Waals surface area (Å²) < 4.78 is 1.77. The summed E-state index contributed by atoms with van der Waals surface area (Å²) in [7, 11) is 0. The molecule has 1 amide bonds. The summed E-state index contributed by atoms with van der Waals surface area (Å²) in [5.74, 6) is 1.03. The van der Waals surface area contributed by atoms with Gasteiger partial charge in [-0.05, 0) is 63.9 Å². The molecular weight excluding hydrogens is 396 g/mol. The SMILES string of the molecule is Cc1cc(C)n(-c2ccc(C(=O)Nc3ncc(C4CCNCC4)s3)cn2)n1.Cl. The Morgan fingerprint density at radius 1 is 1.21 bits per heavy atom. The van der Waals surface area contributed by atoms with Crippen molar-refractivity contribution in [2.45, 2.75) is 32.6 Å². The van der Waals surface area contributed by atoms with Crippen LogP contribution in [-0.2, 0) is 0 Å². The molecule has 0 bridgehead atoms. The number of nitrogens with one attached hydrogen (secondary N) is 2. The van der Waals surface area contributed by atoms with E-state index in [0.717, 1.165) is 37.3 Å². The van der Waals surface area contributed by atoms with Gasteiger partial charge in [0.25, 0.3) is 5.91 Å². The van der Waals surface area contributed by atoms with E-state index < -0.39 is 0 Å². The van der Waals surface area contributed by atoms with Gasteiger partial charge in [-0.3, -0.25) is 10.1 Å². The Labute approximate surface area is 174 Å². The number of amides is 1. The van der Waals surface area contributed by atoms with Crippen molar-refractivity contribution >= 4 is 34.8 Å². The van der Waals surface area contributed by atoms with E-state index in [-0.39, 0.29) is 18.3 Å². The Kier molecular flexibility index (Phi) is 6.43. The summed E-state index contributed by atoms with van der Waals surface area (Å²) in [5.41, 5.74) is 2.44. The fraction of sp³-hybridized carbons (Fsp3) is 0.368. The summed E-state index contributed by atoms with van der Waals surface area (Å²) in [6, 6.07) is 5.55. The molecule has 7 nitrogen and oxygen atoms in total. The maximum Gasteiger partial charge on any atom is 0.259 e. The average Bonchev–Trinajstić information content (AvgIpc) is 3.28. The molecule has 1 aliphatic heterocycles. The molecule has 0 spiro atoms. The zero-order chi connectivity index (χ0) is 18.8. The van der Waals surface area contributed by atoms with Crippen LogP contribution < -0.4 is 10.6 Å². The van der Waals surface area contributed by atoms with E-state index >= 15 is 0 Å². The first-order valence-corrected chi connectivity index (χ1v) is 9.89. The maximum absolute atomic E-state index is 12.5. The summed E-state index contributed by atoms with van der Waals surface area (Å²) in [6.45, 7) is 6.00. The van der Waals surface area contributed by atoms with E-state index in [1.54, 1.807) is 34.3 Å². The molecule has 1 fully saturated rings. The van der Waals surface area contributed by atoms with Crippen LogP contribution in [0.1, 0.15) is 45.4 Å². The molecule has 9 heteroatoms. The number of thiazole rings is 1. The minimum absolute atomic E-state index is 0. The molecule has 0 radical (unpaired) electrons. The van der Waals surface area contributed by atoms with Gasteiger partial charge in [0.1, 0.15) is 0 Å². The van der Waals surface area contributed by atoms with Crippen LogP contribution in [-0.4, -0.2) is 38.7 Å². The highest BCUT2D eigenvalue weighted by Crippen LogP contribution is 2.31. The molecule has 2 N–H and O–H groups in total. The molecule has 1 saturated heterocycles. The van der Waals surface area contributed by atoms with Crippen LogP contribution in [0.3, 0.4) is 0 Å². The summed E-state index contributed by atoms with van der Waals surface area (Å²) >= 11 is 1.56. The van der Waals surface area contributed by atoms with Gasteiger partial charge < -0.3 is 5.32 Å². The number of halogens is 1. The molecule has 0 atom stereocenters. The van der Waals surface area contributed by atoms with Gasteiger partial charge in [-0.2, -0.15) is 5.10 Å². The zero-order valence-corrected chi connectivity index (χ0v) is 17.4. The lowest BCUT2D eigenvalue weighted by Crippen LogP contribution is -2.26. The van der Waals surface area contributed by atoms with Crippen LogP contribution in [0, 0.1) is 13.8 Å². The van der Waals surface area contributed by atoms with Crippen LogP contribution in [0.25, 0.3) is 5.82 Å². The van der Waals surface area contributed by atoms with Crippen molar-refractivity contribution in [3.63, 3.8) is 0 Å². The van der Waals surface area contributed by atoms with E-state index in [0.29, 0.717) is 22.4 Å². The number of piperidine rings is 1. The van der Waals surface area contributed by atoms with Crippen molar-refractivity contribution in [1.29, 1.82) is 0 Å². The summed E-state index contributed by atoms with van der Waals surface area (Å²) in [4.78, 5) is 22.5. The normalized spacial score (nSPS) is 14.5. The van der Waals surface area contributed by atoms with Gasteiger partial charge in [0.05, 0.1) is 11.3 Å². The molecule has 3 aromatic rings. The van der Waals surface area contributed by atoms with Crippen LogP contribution in [0.4, 0.5) is 5.13 Å². The monoisotopic (exact) mass is 418 g/mol. The Morgan fingerprint density at radius 2 is 2.00 bits per heavy atom. The molecule has 1 aliphatic rings. The van der Waals surface area contributed by atoms with Crippen LogP contribution in [0.5, 0.6) is 0 Å². The van der Waals surface area contributed by atoms with Crippen molar-refractivity contribution in [3.05, 3.63) is 52.4 Å². The molecule has 0 aliphatic carbocycles. The molecule has 3 aromatic heterocycles. The Hall–Kier alpha value is -2.29. The standard InChI is InChI=1S/C19H22N6OS.ClH/c1-12-9-13(2)25(24-12)17-4-3-15(10-21-17)18(26)23-19-22-11-16(27-19)14-5-7-20-8-6-14;/h3-4,9-11,14,20H,5-8H2,1-2H3,(H,22,23,26);1H. The number of carbonyl (C=O) groups is 1. The highest BCUT2D eigenvalue weighted by atomic mass is 35.5. The lowest BCUT2D eigenvalue weighted by atomic mass is 9.97. The van der Waals surface area contributed by atoms with Crippen LogP contribution >= 0.6 is 23.7 Å². The first kappa shape index (κ1) is 20.4. The van der Waals surface area contributed by atoms with Gasteiger partial charge in [-0.15, -0.1) is 23.7 Å². The van der Waals surface area contributed by atoms with Gasteiger partial charge in [0.15, 0.2) is 10.9 Å². The molecule has 4 rings (SSSR count). The predicted octanol–water partition coefficient (Wildman–Crippen LogP) is 3.48. The highest BCUT2D eigenvalue weighted by molar-refractivity contribution is 7.15. The van der Waals surface area contributed by atoms with E-state index in [9.17, 15) is 4.79 Å². The smallest absolute Gasteiger partial charge is 0.259 e. The highest BCUT2D eigenvalue weighted by Gasteiger charge is 2.18. The van der Waals surface area contributed by atoms with Crippen molar-refractivity contribution < 1.29 is 4.79 Å². The zero-order valence-electron chi connectivity index (χ0n) is 15.8. The maximum atomic E-state index is 12.5. The molecule has 0 unspecified atom stereocenters. The van der Waals surface area contributed by atoms with Gasteiger partial charge >= 0.3 is 0 Å². The van der Waals surface area contributed by atoms with Crippen LogP contribution in [0.15, 0.2) is 30.6 Å². The quantitative estimate of drug-likeness (QED) is 0.677. The number of rotatable bonds is 4. The average molecular weight is 419 g/mol. The minimum Gasteiger partial charge on any atom is -0.317 e. The Morgan fingerprint density at radius 3 is 2.64 bits per heavy atom. The number of pyridine rings is 1. The second-order valence-corrected chi connectivity index (χ2v) is 7.85. The summed E-state index contributed by atoms with van der Waals surface area (Å²) in [6.07, 6.45) is 5.70. The second kappa shape index (κ2) is 8.81. The van der Waals surface area contributed by atoms with E-state index in [1.165, 1.54) is 4.88 Å². The van der Waals surface area contributed by atoms with Crippen molar-refractivity contribution in [2.24, 2.45) is 0 Å². The van der Waals surface area contributed by atoms with E-state index in [1.807, 2.05) is 26.1 Å². The first-order valence-electron chi connectivity index (χ1n) is 9.07. The molecule has 4 heterocycles. The number of hydrogen-bond donors (Lipinski definition) is 2. The van der Waals surface area contributed by atoms with Crippen molar-refractivity contribution in [2.75, 3.05) is 18.4 Å². The van der Waals surface area contributed by atoms with Gasteiger partial charge in [-0.1, -0.05) is 0 Å². The number of aromatic nitrogens is 4. The van der Waals surface area contributed by atoms with Crippen molar-refractivity contribution in [3.8, 4) is 5.82 Å². The third kappa shape index (κ3) is 4.40. The Bertz CT molecular complexity index is 946. The molecule has 0 saturated carbocycles. The van der Waals surface area contributed by atoms with E-state index in [2.05, 4.69) is 25.7 Å². The number of anilines is 1. The topological polar surface area (TPSA) is 84.7 Å². The van der Waals surface area contributed by atoms with Gasteiger partial charge in [-0.25, -0.2) is 14.6 Å². The number of nitrogens with zero attached hydrogens (tertiary/aromatic N) is 4. The Balaban J connectivity index is 0.00000225. The van der Waals surface area contributed by atoms with Crippen LogP contribution in [0.2, 0.25) is 0 Å². The van der Waals surface area contributed by atoms with Gasteiger partial charge in [0.2, 0.25) is 0 Å². The molecule has 0 aromatic carbocycles. The molecule has 28 heavy (non-hydrogen) atoms. The number of aryl methyl sites for hydroxylation is 2. The van der Waals surface area contributed by atoms with E-state index in [4.69, 9.17) is 0 Å². The summed E-state index contributed by atoms with van der Waals surface area (Å²) in [5, 5.41) is 11.3.